The summed E-state index contributed by atoms with van der Waals surface area (Å²) < 4.78 is 6.14. The maximum absolute atomic E-state index is 11.8. The molecule has 0 saturated carbocycles. The highest BCUT2D eigenvalue weighted by Gasteiger charge is 2.12. The number of carbonyl (C=O) groups excluding carboxylic acids is 1. The highest BCUT2D eigenvalue weighted by atomic mass is 79.9. The number of benzene rings is 1. The Morgan fingerprint density at radius 1 is 1.20 bits per heavy atom. The Morgan fingerprint density at radius 3 is 2.80 bits per heavy atom. The monoisotopic (exact) mass is 401 g/mol. The molecule has 1 aromatic carbocycles. The van der Waals surface area contributed by atoms with E-state index in [-0.39, 0.29) is 12.1 Å². The molecule has 7 nitrogen and oxygen atoms in total. The predicted molar refractivity (Wildman–Crippen MR) is 98.0 cm³/mol. The number of hydrogen-bond acceptors (Lipinski definition) is 5. The first-order valence-corrected chi connectivity index (χ1v) is 8.43. The summed E-state index contributed by atoms with van der Waals surface area (Å²) >= 11 is 3.36. The molecule has 3 aromatic rings. The van der Waals surface area contributed by atoms with Gasteiger partial charge in [0.15, 0.2) is 0 Å². The summed E-state index contributed by atoms with van der Waals surface area (Å²) in [5, 5.41) is 9.55. The van der Waals surface area contributed by atoms with Crippen molar-refractivity contribution in [3.63, 3.8) is 0 Å². The molecule has 3 rings (SSSR count). The standard InChI is InChI=1S/C17H16BrN5O2/c1-10(2)20-17(24)21-14-5-3-4-11(7-14)15-22-16(25-23-15)12-6-13(18)9-19-8-12/h3-10H,1-2H3,(H2,20,21,24). The molecule has 128 valence electrons. The second-order valence-corrected chi connectivity index (χ2v) is 6.56. The number of carbonyl (C=O) groups is 1. The third-order valence-electron chi connectivity index (χ3n) is 3.18. The Morgan fingerprint density at radius 2 is 2.04 bits per heavy atom. The van der Waals surface area contributed by atoms with Crippen LogP contribution in [0.1, 0.15) is 13.8 Å². The minimum Gasteiger partial charge on any atom is -0.336 e. The van der Waals surface area contributed by atoms with Gasteiger partial charge in [-0.15, -0.1) is 0 Å². The first kappa shape index (κ1) is 17.1. The summed E-state index contributed by atoms with van der Waals surface area (Å²) in [4.78, 5) is 20.3. The van der Waals surface area contributed by atoms with E-state index in [4.69, 9.17) is 4.52 Å². The third-order valence-corrected chi connectivity index (χ3v) is 3.61. The van der Waals surface area contributed by atoms with E-state index in [1.807, 2.05) is 32.0 Å². The zero-order valence-corrected chi connectivity index (χ0v) is 15.2. The summed E-state index contributed by atoms with van der Waals surface area (Å²) in [5.41, 5.74) is 2.10. The number of anilines is 1. The molecule has 0 atom stereocenters. The minimum atomic E-state index is -0.263. The van der Waals surface area contributed by atoms with Crippen LogP contribution in [0.4, 0.5) is 10.5 Å². The molecule has 2 N–H and O–H groups in total. The van der Waals surface area contributed by atoms with E-state index in [0.717, 1.165) is 15.6 Å². The van der Waals surface area contributed by atoms with Gasteiger partial charge in [0, 0.05) is 34.2 Å². The van der Waals surface area contributed by atoms with Crippen LogP contribution < -0.4 is 10.6 Å². The van der Waals surface area contributed by atoms with Crippen LogP contribution in [-0.2, 0) is 0 Å². The molecular formula is C17H16BrN5O2. The van der Waals surface area contributed by atoms with E-state index in [9.17, 15) is 4.79 Å². The van der Waals surface area contributed by atoms with Crippen molar-refractivity contribution in [1.29, 1.82) is 0 Å². The number of nitrogens with one attached hydrogen (secondary N) is 2. The molecule has 0 spiro atoms. The Kier molecular flexibility index (Phi) is 5.08. The fourth-order valence-electron chi connectivity index (χ4n) is 2.15. The van der Waals surface area contributed by atoms with Gasteiger partial charge in [-0.1, -0.05) is 17.3 Å². The summed E-state index contributed by atoms with van der Waals surface area (Å²) in [6, 6.07) is 8.88. The number of rotatable bonds is 4. The number of hydrogen-bond donors (Lipinski definition) is 2. The number of halogens is 1. The van der Waals surface area contributed by atoms with Gasteiger partial charge in [-0.25, -0.2) is 4.79 Å². The Balaban J connectivity index is 1.81. The molecule has 0 aliphatic heterocycles. The van der Waals surface area contributed by atoms with E-state index in [1.54, 1.807) is 24.5 Å². The molecule has 0 saturated heterocycles. The number of nitrogens with zero attached hydrogens (tertiary/aromatic N) is 3. The van der Waals surface area contributed by atoms with Gasteiger partial charge in [0.25, 0.3) is 5.89 Å². The SMILES string of the molecule is CC(C)NC(=O)Nc1cccc(-c2noc(-c3cncc(Br)c3)n2)c1. The zero-order valence-electron chi connectivity index (χ0n) is 13.7. The Bertz CT molecular complexity index is 894. The van der Waals surface area contributed by atoms with Crippen molar-refractivity contribution in [1.82, 2.24) is 20.4 Å². The van der Waals surface area contributed by atoms with Gasteiger partial charge in [0.05, 0.1) is 5.56 Å². The number of pyridine rings is 1. The molecule has 0 radical (unpaired) electrons. The van der Waals surface area contributed by atoms with Crippen molar-refractivity contribution in [2.75, 3.05) is 5.32 Å². The second-order valence-electron chi connectivity index (χ2n) is 5.65. The van der Waals surface area contributed by atoms with Gasteiger partial charge < -0.3 is 15.2 Å². The van der Waals surface area contributed by atoms with Crippen LogP contribution in [0.2, 0.25) is 0 Å². The third kappa shape index (κ3) is 4.42. The molecule has 8 heteroatoms. The molecule has 25 heavy (non-hydrogen) atoms. The maximum Gasteiger partial charge on any atom is 0.319 e. The van der Waals surface area contributed by atoms with Crippen LogP contribution in [0.5, 0.6) is 0 Å². The predicted octanol–water partition coefficient (Wildman–Crippen LogP) is 4.09. The van der Waals surface area contributed by atoms with Gasteiger partial charge in [-0.05, 0) is 48.0 Å². The van der Waals surface area contributed by atoms with Crippen LogP contribution in [0.15, 0.2) is 51.7 Å². The summed E-state index contributed by atoms with van der Waals surface area (Å²) in [6.07, 6.45) is 3.33. The molecule has 2 aromatic heterocycles. The van der Waals surface area contributed by atoms with E-state index >= 15 is 0 Å². The molecule has 2 heterocycles. The van der Waals surface area contributed by atoms with E-state index < -0.39 is 0 Å². The number of amides is 2. The van der Waals surface area contributed by atoms with Crippen molar-refractivity contribution in [2.45, 2.75) is 19.9 Å². The lowest BCUT2D eigenvalue weighted by Crippen LogP contribution is -2.34. The maximum atomic E-state index is 11.8. The van der Waals surface area contributed by atoms with Crippen LogP contribution in [0.3, 0.4) is 0 Å². The van der Waals surface area contributed by atoms with E-state index in [1.165, 1.54) is 0 Å². The highest BCUT2D eigenvalue weighted by molar-refractivity contribution is 9.10. The largest absolute Gasteiger partial charge is 0.336 e. The molecule has 0 fully saturated rings. The average Bonchev–Trinajstić information content (AvgIpc) is 3.04. The molecule has 2 amide bonds. The number of urea groups is 1. The molecule has 0 unspecified atom stereocenters. The average molecular weight is 402 g/mol. The van der Waals surface area contributed by atoms with Crippen molar-refractivity contribution in [3.8, 4) is 22.8 Å². The van der Waals surface area contributed by atoms with E-state index in [2.05, 4.69) is 41.7 Å². The summed E-state index contributed by atoms with van der Waals surface area (Å²) in [6.45, 7) is 3.79. The van der Waals surface area contributed by atoms with Gasteiger partial charge >= 0.3 is 6.03 Å². The van der Waals surface area contributed by atoms with E-state index in [0.29, 0.717) is 17.4 Å². The fraction of sp³-hybridized carbons (Fsp3) is 0.176. The molecule has 0 bridgehead atoms. The van der Waals surface area contributed by atoms with Gasteiger partial charge in [-0.2, -0.15) is 4.98 Å². The fourth-order valence-corrected chi connectivity index (χ4v) is 2.52. The topological polar surface area (TPSA) is 92.9 Å². The first-order chi connectivity index (χ1) is 12.0. The Labute approximate surface area is 153 Å². The Hall–Kier alpha value is -2.74. The smallest absolute Gasteiger partial charge is 0.319 e. The van der Waals surface area contributed by atoms with Gasteiger partial charge in [0.1, 0.15) is 0 Å². The molecular weight excluding hydrogens is 386 g/mol. The minimum absolute atomic E-state index is 0.0572. The van der Waals surface area contributed by atoms with Gasteiger partial charge in [0.2, 0.25) is 5.82 Å². The van der Waals surface area contributed by atoms with Crippen LogP contribution >= 0.6 is 15.9 Å². The lowest BCUT2D eigenvalue weighted by Gasteiger charge is -2.10. The van der Waals surface area contributed by atoms with Crippen molar-refractivity contribution in [3.05, 3.63) is 47.2 Å². The summed E-state index contributed by atoms with van der Waals surface area (Å²) in [7, 11) is 0. The highest BCUT2D eigenvalue weighted by Crippen LogP contribution is 2.25. The number of aromatic nitrogens is 3. The second kappa shape index (κ2) is 7.43. The summed E-state index contributed by atoms with van der Waals surface area (Å²) in [5.74, 6) is 0.808. The zero-order chi connectivity index (χ0) is 17.8. The van der Waals surface area contributed by atoms with Crippen LogP contribution in [0.25, 0.3) is 22.8 Å². The van der Waals surface area contributed by atoms with Crippen LogP contribution in [0, 0.1) is 0 Å². The van der Waals surface area contributed by atoms with Crippen molar-refractivity contribution >= 4 is 27.6 Å². The first-order valence-electron chi connectivity index (χ1n) is 7.64. The normalized spacial score (nSPS) is 10.7. The van der Waals surface area contributed by atoms with Gasteiger partial charge in [-0.3, -0.25) is 4.98 Å². The molecule has 0 aliphatic carbocycles. The van der Waals surface area contributed by atoms with Crippen molar-refractivity contribution in [2.24, 2.45) is 0 Å². The molecule has 0 aliphatic rings. The quantitative estimate of drug-likeness (QED) is 0.686. The lowest BCUT2D eigenvalue weighted by molar-refractivity contribution is 0.250. The van der Waals surface area contributed by atoms with Crippen LogP contribution in [-0.4, -0.2) is 27.2 Å². The lowest BCUT2D eigenvalue weighted by atomic mass is 10.2. The van der Waals surface area contributed by atoms with Crippen molar-refractivity contribution < 1.29 is 9.32 Å².